The Balaban J connectivity index is 0.000000605. The van der Waals surface area contributed by atoms with Crippen LogP contribution in [0.3, 0.4) is 0 Å². The van der Waals surface area contributed by atoms with Crippen molar-refractivity contribution in [2.24, 2.45) is 21.1 Å². The molecule has 0 fully saturated rings. The van der Waals surface area contributed by atoms with Gasteiger partial charge in [-0.15, -0.1) is 17.5 Å². The van der Waals surface area contributed by atoms with Crippen LogP contribution >= 0.6 is 12.4 Å². The first-order chi connectivity index (χ1) is 4.88. The molecule has 4 nitrogen and oxygen atoms in total. The van der Waals surface area contributed by atoms with Gasteiger partial charge >= 0.3 is 0 Å². The van der Waals surface area contributed by atoms with Crippen LogP contribution in [0, 0.1) is 5.92 Å². The zero-order valence-corrected chi connectivity index (χ0v) is 6.36. The highest BCUT2D eigenvalue weighted by molar-refractivity contribution is 5.89. The zero-order chi connectivity index (χ0) is 6.97. The second kappa shape index (κ2) is 2.92. The normalized spacial score (nSPS) is 31.8. The van der Waals surface area contributed by atoms with E-state index in [4.69, 9.17) is 0 Å². The lowest BCUT2D eigenvalue weighted by molar-refractivity contribution is -0.119. The summed E-state index contributed by atoms with van der Waals surface area (Å²) in [5, 5.41) is 7.14. The number of azo groups is 1. The SMILES string of the molecule is Cl.O=C1N=NC2C=NC=CC12. The molecule has 0 aliphatic carbocycles. The van der Waals surface area contributed by atoms with Gasteiger partial charge in [0.2, 0.25) is 0 Å². The molecular weight excluding hydrogens is 166 g/mol. The van der Waals surface area contributed by atoms with Crippen LogP contribution in [0.4, 0.5) is 0 Å². The highest BCUT2D eigenvalue weighted by atomic mass is 35.5. The summed E-state index contributed by atoms with van der Waals surface area (Å²) in [5.74, 6) is -0.329. The highest BCUT2D eigenvalue weighted by Gasteiger charge is 2.31. The van der Waals surface area contributed by atoms with E-state index in [0.29, 0.717) is 0 Å². The van der Waals surface area contributed by atoms with Crippen molar-refractivity contribution in [3.8, 4) is 0 Å². The largest absolute Gasteiger partial charge is 0.273 e. The first-order valence-electron chi connectivity index (χ1n) is 3.02. The van der Waals surface area contributed by atoms with Crippen molar-refractivity contribution in [3.63, 3.8) is 0 Å². The van der Waals surface area contributed by atoms with Crippen molar-refractivity contribution in [1.29, 1.82) is 0 Å². The molecule has 2 unspecified atom stereocenters. The molecule has 11 heavy (non-hydrogen) atoms. The summed E-state index contributed by atoms with van der Waals surface area (Å²) in [6.45, 7) is 0. The van der Waals surface area contributed by atoms with Crippen molar-refractivity contribution in [2.45, 2.75) is 6.04 Å². The predicted molar refractivity (Wildman–Crippen MR) is 42.0 cm³/mol. The highest BCUT2D eigenvalue weighted by Crippen LogP contribution is 2.20. The van der Waals surface area contributed by atoms with E-state index < -0.39 is 0 Å². The van der Waals surface area contributed by atoms with Gasteiger partial charge < -0.3 is 0 Å². The summed E-state index contributed by atoms with van der Waals surface area (Å²) < 4.78 is 0. The van der Waals surface area contributed by atoms with Crippen LogP contribution in [0.2, 0.25) is 0 Å². The number of hydrogen-bond acceptors (Lipinski definition) is 3. The summed E-state index contributed by atoms with van der Waals surface area (Å²) >= 11 is 0. The second-order valence-electron chi connectivity index (χ2n) is 2.21. The van der Waals surface area contributed by atoms with Gasteiger partial charge in [-0.3, -0.25) is 9.79 Å². The van der Waals surface area contributed by atoms with Gasteiger partial charge in [0.25, 0.3) is 5.91 Å². The van der Waals surface area contributed by atoms with Crippen molar-refractivity contribution in [2.75, 3.05) is 0 Å². The molecule has 2 rings (SSSR count). The molecule has 1 amide bonds. The van der Waals surface area contributed by atoms with Crippen LogP contribution < -0.4 is 0 Å². The Labute approximate surface area is 69.5 Å². The second-order valence-corrected chi connectivity index (χ2v) is 2.21. The fourth-order valence-corrected chi connectivity index (χ4v) is 1.01. The Morgan fingerprint density at radius 3 is 3.00 bits per heavy atom. The first kappa shape index (κ1) is 8.07. The third kappa shape index (κ3) is 1.21. The van der Waals surface area contributed by atoms with Crippen LogP contribution in [0.15, 0.2) is 27.5 Å². The molecule has 2 aliphatic rings. The quantitative estimate of drug-likeness (QED) is 0.536. The maximum atomic E-state index is 10.8. The summed E-state index contributed by atoms with van der Waals surface area (Å²) in [5.41, 5.74) is 0. The third-order valence-electron chi connectivity index (χ3n) is 1.56. The van der Waals surface area contributed by atoms with Gasteiger partial charge in [0, 0.05) is 12.4 Å². The topological polar surface area (TPSA) is 54.1 Å². The molecule has 0 bridgehead atoms. The van der Waals surface area contributed by atoms with E-state index in [1.165, 1.54) is 0 Å². The summed E-state index contributed by atoms with van der Waals surface area (Å²) in [6.07, 6.45) is 4.97. The Hall–Kier alpha value is -1.03. The number of hydrogen-bond donors (Lipinski definition) is 0. The van der Waals surface area contributed by atoms with Gasteiger partial charge in [-0.05, 0) is 0 Å². The molecule has 2 aliphatic heterocycles. The lowest BCUT2D eigenvalue weighted by Crippen LogP contribution is -2.20. The average molecular weight is 172 g/mol. The Kier molecular flexibility index (Phi) is 2.14. The fraction of sp³-hybridized carbons (Fsp3) is 0.333. The number of fused-ring (bicyclic) bond motifs is 1. The molecule has 0 N–H and O–H groups in total. The van der Waals surface area contributed by atoms with E-state index in [0.717, 1.165) is 0 Å². The molecule has 0 aromatic rings. The Bertz CT molecular complexity index is 257. The molecule has 0 radical (unpaired) electrons. The van der Waals surface area contributed by atoms with Crippen LogP contribution in [-0.4, -0.2) is 18.2 Å². The van der Waals surface area contributed by atoms with Gasteiger partial charge in [0.05, 0.1) is 5.92 Å². The van der Waals surface area contributed by atoms with E-state index in [1.54, 1.807) is 18.5 Å². The smallest absolute Gasteiger partial charge is 0.270 e. The van der Waals surface area contributed by atoms with Crippen LogP contribution in [-0.2, 0) is 4.79 Å². The molecule has 0 aromatic heterocycles. The van der Waals surface area contributed by atoms with Crippen molar-refractivity contribution in [1.82, 2.24) is 0 Å². The minimum absolute atomic E-state index is 0. The molecule has 0 spiro atoms. The van der Waals surface area contributed by atoms with Gasteiger partial charge in [0.1, 0.15) is 6.04 Å². The number of carbonyl (C=O) groups is 1. The van der Waals surface area contributed by atoms with Crippen LogP contribution in [0.1, 0.15) is 0 Å². The van der Waals surface area contributed by atoms with Crippen LogP contribution in [0.25, 0.3) is 0 Å². The van der Waals surface area contributed by atoms with E-state index in [2.05, 4.69) is 15.2 Å². The predicted octanol–water partition coefficient (Wildman–Crippen LogP) is 0.984. The average Bonchev–Trinajstić information content (AvgIpc) is 2.34. The fourth-order valence-electron chi connectivity index (χ4n) is 1.01. The Morgan fingerprint density at radius 1 is 1.45 bits per heavy atom. The third-order valence-corrected chi connectivity index (χ3v) is 1.56. The molecule has 2 atom stereocenters. The van der Waals surface area contributed by atoms with Gasteiger partial charge in [-0.25, -0.2) is 0 Å². The molecule has 58 valence electrons. The monoisotopic (exact) mass is 171 g/mol. The summed E-state index contributed by atoms with van der Waals surface area (Å²) in [4.78, 5) is 14.7. The van der Waals surface area contributed by atoms with E-state index in [1.807, 2.05) is 0 Å². The van der Waals surface area contributed by atoms with Gasteiger partial charge in [-0.2, -0.15) is 5.11 Å². The standard InChI is InChI=1S/C6H5N3O.ClH/c10-6-4-1-2-7-3-5(4)8-9-6;/h1-5H;1H. The van der Waals surface area contributed by atoms with E-state index >= 15 is 0 Å². The summed E-state index contributed by atoms with van der Waals surface area (Å²) in [6, 6.07) is -0.127. The van der Waals surface area contributed by atoms with Crippen molar-refractivity contribution < 1.29 is 4.79 Å². The number of carbonyl (C=O) groups excluding carboxylic acids is 1. The number of amides is 1. The molecule has 0 saturated carbocycles. The van der Waals surface area contributed by atoms with Crippen molar-refractivity contribution in [3.05, 3.63) is 12.3 Å². The zero-order valence-electron chi connectivity index (χ0n) is 5.54. The van der Waals surface area contributed by atoms with Crippen LogP contribution in [0.5, 0.6) is 0 Å². The maximum Gasteiger partial charge on any atom is 0.273 e. The Morgan fingerprint density at radius 2 is 2.27 bits per heavy atom. The number of rotatable bonds is 0. The minimum Gasteiger partial charge on any atom is -0.270 e. The maximum absolute atomic E-state index is 10.8. The number of halogens is 1. The summed E-state index contributed by atoms with van der Waals surface area (Å²) in [7, 11) is 0. The molecular formula is C6H6ClN3O. The number of nitrogens with zero attached hydrogens (tertiary/aromatic N) is 3. The van der Waals surface area contributed by atoms with E-state index in [-0.39, 0.29) is 30.3 Å². The molecule has 2 heterocycles. The van der Waals surface area contributed by atoms with Gasteiger partial charge in [-0.1, -0.05) is 6.08 Å². The van der Waals surface area contributed by atoms with Crippen molar-refractivity contribution >= 4 is 24.5 Å². The lowest BCUT2D eigenvalue weighted by atomic mass is 10.0. The molecule has 5 heteroatoms. The van der Waals surface area contributed by atoms with E-state index in [9.17, 15) is 4.79 Å². The molecule has 0 aromatic carbocycles. The van der Waals surface area contributed by atoms with Gasteiger partial charge in [0.15, 0.2) is 0 Å². The first-order valence-corrected chi connectivity index (χ1v) is 3.02. The minimum atomic E-state index is -0.169. The lowest BCUT2D eigenvalue weighted by Gasteiger charge is -2.06. The molecule has 0 saturated heterocycles. The number of aliphatic imine (C=N–C) groups is 1.